The highest BCUT2D eigenvalue weighted by atomic mass is 32.1. The number of nitrogens with zero attached hydrogens (tertiary/aromatic N) is 1. The Morgan fingerprint density at radius 1 is 0.745 bits per heavy atom. The van der Waals surface area contributed by atoms with Gasteiger partial charge in [-0.25, -0.2) is 4.98 Å². The van der Waals surface area contributed by atoms with Crippen LogP contribution >= 0.6 is 11.3 Å². The molecule has 240 valence electrons. The van der Waals surface area contributed by atoms with Crippen LogP contribution in [-0.4, -0.2) is 34.9 Å². The minimum atomic E-state index is -1.09. The summed E-state index contributed by atoms with van der Waals surface area (Å²) in [5.74, 6) is -1.47. The van der Waals surface area contributed by atoms with Gasteiger partial charge in [-0.1, -0.05) is 121 Å². The molecule has 0 fully saturated rings. The van der Waals surface area contributed by atoms with Crippen molar-refractivity contribution in [2.24, 2.45) is 0 Å². The van der Waals surface area contributed by atoms with Crippen LogP contribution in [0.2, 0.25) is 0 Å². The molecule has 0 aliphatic heterocycles. The number of hydrogen-bond donors (Lipinski definition) is 3. The number of anilines is 1. The van der Waals surface area contributed by atoms with Crippen molar-refractivity contribution >= 4 is 34.3 Å². The van der Waals surface area contributed by atoms with Crippen LogP contribution in [0.1, 0.15) is 48.2 Å². The Morgan fingerprint density at radius 3 is 1.77 bits per heavy atom. The summed E-state index contributed by atoms with van der Waals surface area (Å²) >= 11 is 1.40. The van der Waals surface area contributed by atoms with E-state index < -0.39 is 29.4 Å². The van der Waals surface area contributed by atoms with E-state index in [1.807, 2.05) is 104 Å². The van der Waals surface area contributed by atoms with Crippen molar-refractivity contribution in [3.05, 3.63) is 155 Å². The van der Waals surface area contributed by atoms with Crippen LogP contribution in [0.3, 0.4) is 0 Å². The molecule has 47 heavy (non-hydrogen) atoms. The number of carbonyl (C=O) groups excluding carboxylic acids is 3. The Morgan fingerprint density at radius 2 is 1.26 bits per heavy atom. The number of hydrogen-bond acceptors (Lipinski definition) is 7. The summed E-state index contributed by atoms with van der Waals surface area (Å²) in [6.07, 6.45) is -0.369. The number of amides is 2. The number of aromatic nitrogens is 1. The SMILES string of the molecule is CC(C)NC(=O)[C@H](CC(=O)OCc1ccccc1)NC(=O)Cc1csc(NC(c2ccccc2)(c2ccccc2)c2ccccc2)n1. The van der Waals surface area contributed by atoms with Gasteiger partial charge in [0.15, 0.2) is 5.13 Å². The van der Waals surface area contributed by atoms with E-state index in [1.165, 1.54) is 11.3 Å². The summed E-state index contributed by atoms with van der Waals surface area (Å²) < 4.78 is 5.38. The van der Waals surface area contributed by atoms with Gasteiger partial charge in [-0.05, 0) is 36.1 Å². The van der Waals surface area contributed by atoms with Gasteiger partial charge in [-0.3, -0.25) is 14.4 Å². The lowest BCUT2D eigenvalue weighted by Crippen LogP contribution is -2.50. The van der Waals surface area contributed by atoms with Gasteiger partial charge in [-0.15, -0.1) is 11.3 Å². The van der Waals surface area contributed by atoms with Crippen LogP contribution in [0.4, 0.5) is 5.13 Å². The third-order valence-electron chi connectivity index (χ3n) is 7.50. The highest BCUT2D eigenvalue weighted by Gasteiger charge is 2.37. The molecule has 1 aromatic heterocycles. The van der Waals surface area contributed by atoms with Crippen LogP contribution < -0.4 is 16.0 Å². The number of esters is 1. The van der Waals surface area contributed by atoms with Crippen LogP contribution in [0, 0.1) is 0 Å². The molecule has 0 unspecified atom stereocenters. The summed E-state index contributed by atoms with van der Waals surface area (Å²) in [6, 6.07) is 38.6. The largest absolute Gasteiger partial charge is 0.461 e. The Bertz CT molecular complexity index is 1650. The third-order valence-corrected chi connectivity index (χ3v) is 8.31. The Hall–Kier alpha value is -5.28. The maximum atomic E-state index is 13.2. The second-order valence-electron chi connectivity index (χ2n) is 11.4. The first-order valence-electron chi connectivity index (χ1n) is 15.5. The Labute approximate surface area is 279 Å². The standard InChI is InChI=1S/C38H38N4O4S/c1-27(2)39-36(45)33(24-35(44)46-25-28-15-7-3-8-16-28)41-34(43)23-32-26-47-37(40-32)42-38(29-17-9-4-10-18-29,30-19-11-5-12-20-30)31-21-13-6-14-22-31/h3-22,26-27,33H,23-25H2,1-2H3,(H,39,45)(H,40,42)(H,41,43)/t33-/m0/s1. The molecule has 2 amide bonds. The molecule has 9 heteroatoms. The molecule has 0 saturated carbocycles. The van der Waals surface area contributed by atoms with E-state index in [-0.39, 0.29) is 25.5 Å². The van der Waals surface area contributed by atoms with Crippen molar-refractivity contribution in [3.8, 4) is 0 Å². The van der Waals surface area contributed by atoms with Gasteiger partial charge < -0.3 is 20.7 Å². The molecule has 4 aromatic carbocycles. The maximum Gasteiger partial charge on any atom is 0.308 e. The van der Waals surface area contributed by atoms with E-state index in [0.717, 1.165) is 22.3 Å². The van der Waals surface area contributed by atoms with Crippen LogP contribution in [0.15, 0.2) is 127 Å². The van der Waals surface area contributed by atoms with Gasteiger partial charge >= 0.3 is 5.97 Å². The number of rotatable bonds is 14. The van der Waals surface area contributed by atoms with Gasteiger partial charge in [0.2, 0.25) is 11.8 Å². The average molecular weight is 647 g/mol. The molecule has 0 saturated heterocycles. The molecule has 1 atom stereocenters. The van der Waals surface area contributed by atoms with Crippen molar-refractivity contribution in [2.45, 2.75) is 50.9 Å². The van der Waals surface area contributed by atoms with Crippen molar-refractivity contribution in [1.29, 1.82) is 0 Å². The van der Waals surface area contributed by atoms with Crippen molar-refractivity contribution in [1.82, 2.24) is 15.6 Å². The van der Waals surface area contributed by atoms with Crippen molar-refractivity contribution in [3.63, 3.8) is 0 Å². The molecular weight excluding hydrogens is 609 g/mol. The van der Waals surface area contributed by atoms with Gasteiger partial charge in [-0.2, -0.15) is 0 Å². The summed E-state index contributed by atoms with van der Waals surface area (Å²) in [4.78, 5) is 43.7. The number of nitrogens with one attached hydrogen (secondary N) is 3. The van der Waals surface area contributed by atoms with Gasteiger partial charge in [0.1, 0.15) is 18.2 Å². The van der Waals surface area contributed by atoms with Crippen LogP contribution in [0.5, 0.6) is 0 Å². The zero-order valence-corrected chi connectivity index (χ0v) is 27.2. The first kappa shape index (κ1) is 33.1. The topological polar surface area (TPSA) is 109 Å². The van der Waals surface area contributed by atoms with E-state index in [9.17, 15) is 14.4 Å². The van der Waals surface area contributed by atoms with E-state index >= 15 is 0 Å². The minimum absolute atomic E-state index is 0.0717. The number of ether oxygens (including phenoxy) is 1. The molecule has 0 aliphatic carbocycles. The lowest BCUT2D eigenvalue weighted by molar-refractivity contribution is -0.147. The summed E-state index contributed by atoms with van der Waals surface area (Å²) in [7, 11) is 0. The van der Waals surface area contributed by atoms with Crippen molar-refractivity contribution < 1.29 is 19.1 Å². The molecule has 0 bridgehead atoms. The fraction of sp³-hybridized carbons (Fsp3) is 0.211. The normalized spacial score (nSPS) is 11.8. The fourth-order valence-electron chi connectivity index (χ4n) is 5.35. The van der Waals surface area contributed by atoms with Crippen molar-refractivity contribution in [2.75, 3.05) is 5.32 Å². The average Bonchev–Trinajstić information content (AvgIpc) is 3.53. The molecule has 1 heterocycles. The molecular formula is C38H38N4O4S. The molecule has 0 aliphatic rings. The lowest BCUT2D eigenvalue weighted by atomic mass is 9.77. The minimum Gasteiger partial charge on any atom is -0.461 e. The highest BCUT2D eigenvalue weighted by molar-refractivity contribution is 7.13. The van der Waals surface area contributed by atoms with E-state index in [0.29, 0.717) is 10.8 Å². The van der Waals surface area contributed by atoms with Gasteiger partial charge in [0, 0.05) is 11.4 Å². The quantitative estimate of drug-likeness (QED) is 0.0975. The first-order chi connectivity index (χ1) is 22.8. The molecule has 5 aromatic rings. The third kappa shape index (κ3) is 8.71. The summed E-state index contributed by atoms with van der Waals surface area (Å²) in [5, 5.41) is 11.7. The lowest BCUT2D eigenvalue weighted by Gasteiger charge is -2.36. The zero-order valence-electron chi connectivity index (χ0n) is 26.4. The van der Waals surface area contributed by atoms with E-state index in [4.69, 9.17) is 9.72 Å². The number of benzene rings is 4. The first-order valence-corrected chi connectivity index (χ1v) is 16.4. The molecule has 5 rings (SSSR count). The smallest absolute Gasteiger partial charge is 0.308 e. The summed E-state index contributed by atoms with van der Waals surface area (Å²) in [6.45, 7) is 3.71. The second-order valence-corrected chi connectivity index (χ2v) is 12.3. The van der Waals surface area contributed by atoms with E-state index in [2.05, 4.69) is 52.3 Å². The number of thiazole rings is 1. The fourth-order valence-corrected chi connectivity index (χ4v) is 6.12. The van der Waals surface area contributed by atoms with Crippen LogP contribution in [-0.2, 0) is 37.7 Å². The highest BCUT2D eigenvalue weighted by Crippen LogP contribution is 2.40. The van der Waals surface area contributed by atoms with E-state index in [1.54, 1.807) is 0 Å². The molecule has 0 spiro atoms. The maximum absolute atomic E-state index is 13.2. The van der Waals surface area contributed by atoms with Gasteiger partial charge in [0.25, 0.3) is 0 Å². The molecule has 0 radical (unpaired) electrons. The number of carbonyl (C=O) groups is 3. The molecule has 8 nitrogen and oxygen atoms in total. The second kappa shape index (κ2) is 15.8. The monoisotopic (exact) mass is 646 g/mol. The Kier molecular flexibility index (Phi) is 11.1. The zero-order chi connectivity index (χ0) is 33.1. The predicted octanol–water partition coefficient (Wildman–Crippen LogP) is 6.23. The van der Waals surface area contributed by atoms with Gasteiger partial charge in [0.05, 0.1) is 18.5 Å². The summed E-state index contributed by atoms with van der Waals surface area (Å²) in [5.41, 5.74) is 3.70. The Balaban J connectivity index is 1.33. The van der Waals surface area contributed by atoms with Crippen LogP contribution in [0.25, 0.3) is 0 Å². The predicted molar refractivity (Wildman–Crippen MR) is 185 cm³/mol. The molecule has 3 N–H and O–H groups in total.